The first kappa shape index (κ1) is 33.9. The summed E-state index contributed by atoms with van der Waals surface area (Å²) in [5.74, 6) is 0.423. The molecule has 0 radical (unpaired) electrons. The molecule has 0 amide bonds. The molecule has 0 N–H and O–H groups in total. The first-order valence-electron chi connectivity index (χ1n) is 14.5. The Hall–Kier alpha value is -2.26. The molecule has 1 aliphatic rings. The second kappa shape index (κ2) is 13.6. The highest BCUT2D eigenvalue weighted by Crippen LogP contribution is 2.41. The van der Waals surface area contributed by atoms with Crippen molar-refractivity contribution < 1.29 is 23.2 Å². The summed E-state index contributed by atoms with van der Waals surface area (Å²) in [5.41, 5.74) is 1.38. The zero-order chi connectivity index (χ0) is 30.4. The van der Waals surface area contributed by atoms with Gasteiger partial charge in [0, 0.05) is 19.0 Å². The number of carbonyl (C=O) groups is 1. The molecule has 2 rings (SSSR count). The molecule has 1 heterocycles. The Balaban J connectivity index is 2.56. The summed E-state index contributed by atoms with van der Waals surface area (Å²) in [6.07, 6.45) is 10.9. The average Bonchev–Trinajstić information content (AvgIpc) is 2.81. The average molecular weight is 586 g/mol. The maximum Gasteiger partial charge on any atom is 0.342 e. The number of nitrogens with zero attached hydrogens (tertiary/aromatic N) is 1. The van der Waals surface area contributed by atoms with Crippen LogP contribution in [-0.4, -0.2) is 40.9 Å². The highest BCUT2D eigenvalue weighted by molar-refractivity contribution is 6.75. The summed E-state index contributed by atoms with van der Waals surface area (Å²) in [7, 11) is -4.31. The third-order valence-electron chi connectivity index (χ3n) is 8.79. The number of esters is 1. The lowest BCUT2D eigenvalue weighted by Gasteiger charge is -2.41. The first-order chi connectivity index (χ1) is 18.4. The lowest BCUT2D eigenvalue weighted by molar-refractivity contribution is 0.00943. The van der Waals surface area contributed by atoms with Crippen LogP contribution in [0.15, 0.2) is 47.6 Å². The van der Waals surface area contributed by atoms with Gasteiger partial charge in [-0.1, -0.05) is 78.8 Å². The highest BCUT2D eigenvalue weighted by atomic mass is 28.4. The summed E-state index contributed by atoms with van der Waals surface area (Å²) >= 11 is 0. The van der Waals surface area contributed by atoms with E-state index in [0.29, 0.717) is 30.6 Å². The summed E-state index contributed by atoms with van der Waals surface area (Å²) in [5, 5.41) is 0.0215. The molecule has 0 spiro atoms. The third-order valence-corrected chi connectivity index (χ3v) is 17.6. The van der Waals surface area contributed by atoms with Crippen LogP contribution in [0.5, 0.6) is 5.75 Å². The van der Waals surface area contributed by atoms with Gasteiger partial charge in [-0.05, 0) is 66.7 Å². The quantitative estimate of drug-likeness (QED) is 0.105. The Morgan fingerprint density at radius 1 is 1.05 bits per heavy atom. The molecule has 6 nitrogen and oxygen atoms in total. The van der Waals surface area contributed by atoms with E-state index in [1.54, 1.807) is 6.08 Å². The number of carbonyl (C=O) groups excluding carboxylic acids is 2. The maximum atomic E-state index is 14.0. The van der Waals surface area contributed by atoms with Crippen molar-refractivity contribution in [1.29, 1.82) is 0 Å². The molecule has 0 aliphatic carbocycles. The van der Waals surface area contributed by atoms with Crippen LogP contribution >= 0.6 is 0 Å². The van der Waals surface area contributed by atoms with Crippen molar-refractivity contribution in [2.24, 2.45) is 10.9 Å². The van der Waals surface area contributed by atoms with Crippen LogP contribution in [0, 0.1) is 5.92 Å². The molecular formula is C32H51NO5Si2. The van der Waals surface area contributed by atoms with E-state index in [2.05, 4.69) is 91.8 Å². The fourth-order valence-corrected chi connectivity index (χ4v) is 6.54. The molecule has 40 heavy (non-hydrogen) atoms. The van der Waals surface area contributed by atoms with E-state index in [1.807, 2.05) is 18.2 Å². The lowest BCUT2D eigenvalue weighted by atomic mass is 9.93. The maximum absolute atomic E-state index is 14.0. The lowest BCUT2D eigenvalue weighted by Crippen LogP contribution is -2.46. The highest BCUT2D eigenvalue weighted by Gasteiger charge is 2.42. The molecule has 3 atom stereocenters. The number of isocyanates is 1. The Morgan fingerprint density at radius 2 is 1.70 bits per heavy atom. The molecular weight excluding hydrogens is 535 g/mol. The van der Waals surface area contributed by atoms with Gasteiger partial charge in [0.1, 0.15) is 17.4 Å². The SMILES string of the molecule is C[C@H]1CC=CCc2cccc(O[Si](C)(C)C(C)(C)C)c2C(=O)OC(CC=CN=C=O)C[C@H]1O[Si](C)(C)C(C)(C)C. The van der Waals surface area contributed by atoms with Crippen molar-refractivity contribution >= 4 is 28.7 Å². The molecule has 8 heteroatoms. The van der Waals surface area contributed by atoms with Crippen LogP contribution in [-0.2, 0) is 20.4 Å². The van der Waals surface area contributed by atoms with E-state index in [9.17, 15) is 9.59 Å². The summed E-state index contributed by atoms with van der Waals surface area (Å²) in [6, 6.07) is 5.82. The van der Waals surface area contributed by atoms with Gasteiger partial charge >= 0.3 is 5.97 Å². The standard InChI is InChI=1S/C32H51NO5Si2/c1-24-16-12-13-17-25-18-14-20-27(37-39(8,9)31(2,3)4)29(25)30(35)36-26(19-15-21-33-23-34)22-28(24)38-40(10,11)32(5,6)7/h12-15,18,20-21,24,26,28H,16-17,19,22H2,1-11H3/t24-,26?,28+/m0/s1. The van der Waals surface area contributed by atoms with Crippen LogP contribution in [0.25, 0.3) is 0 Å². The molecule has 1 unspecified atom stereocenters. The normalized spacial score (nSPS) is 21.6. The molecule has 0 aromatic heterocycles. The van der Waals surface area contributed by atoms with Crippen LogP contribution in [0.3, 0.4) is 0 Å². The van der Waals surface area contributed by atoms with Gasteiger partial charge in [-0.3, -0.25) is 0 Å². The molecule has 222 valence electrons. The summed E-state index contributed by atoms with van der Waals surface area (Å²) < 4.78 is 19.9. The second-order valence-electron chi connectivity index (χ2n) is 14.1. The van der Waals surface area contributed by atoms with Crippen molar-refractivity contribution in [2.45, 2.75) is 123 Å². The Labute approximate surface area is 244 Å². The minimum absolute atomic E-state index is 0.0260. The zero-order valence-corrected chi connectivity index (χ0v) is 28.6. The summed E-state index contributed by atoms with van der Waals surface area (Å²) in [4.78, 5) is 28.1. The van der Waals surface area contributed by atoms with Gasteiger partial charge in [-0.15, -0.1) is 0 Å². The van der Waals surface area contributed by atoms with E-state index >= 15 is 0 Å². The Bertz CT molecular complexity index is 1120. The van der Waals surface area contributed by atoms with Crippen molar-refractivity contribution in [3.05, 3.63) is 53.8 Å². The van der Waals surface area contributed by atoms with Gasteiger partial charge in [-0.25, -0.2) is 9.59 Å². The second-order valence-corrected chi connectivity index (χ2v) is 23.5. The third kappa shape index (κ3) is 9.13. The van der Waals surface area contributed by atoms with Gasteiger partial charge in [0.25, 0.3) is 8.32 Å². The number of hydrogen-bond donors (Lipinski definition) is 0. The Morgan fingerprint density at radius 3 is 2.30 bits per heavy atom. The predicted molar refractivity (Wildman–Crippen MR) is 169 cm³/mol. The van der Waals surface area contributed by atoms with Crippen molar-refractivity contribution in [3.63, 3.8) is 0 Å². The van der Waals surface area contributed by atoms with Crippen molar-refractivity contribution in [3.8, 4) is 5.75 Å². The fraction of sp³-hybridized carbons (Fsp3) is 0.625. The minimum atomic E-state index is -2.22. The minimum Gasteiger partial charge on any atom is -0.543 e. The summed E-state index contributed by atoms with van der Waals surface area (Å²) in [6.45, 7) is 24.3. The Kier molecular flexibility index (Phi) is 11.5. The fourth-order valence-electron chi connectivity index (χ4n) is 4.07. The van der Waals surface area contributed by atoms with E-state index in [4.69, 9.17) is 13.6 Å². The van der Waals surface area contributed by atoms with Crippen molar-refractivity contribution in [2.75, 3.05) is 0 Å². The predicted octanol–water partition coefficient (Wildman–Crippen LogP) is 8.75. The number of hydrogen-bond acceptors (Lipinski definition) is 6. The molecule has 1 aliphatic heterocycles. The molecule has 0 saturated heterocycles. The van der Waals surface area contributed by atoms with E-state index < -0.39 is 28.7 Å². The van der Waals surface area contributed by atoms with Gasteiger partial charge in [0.15, 0.2) is 8.32 Å². The smallest absolute Gasteiger partial charge is 0.342 e. The monoisotopic (exact) mass is 585 g/mol. The molecule has 0 fully saturated rings. The first-order valence-corrected chi connectivity index (χ1v) is 20.3. The largest absolute Gasteiger partial charge is 0.543 e. The number of cyclic esters (lactones) is 1. The molecule has 0 bridgehead atoms. The van der Waals surface area contributed by atoms with Crippen molar-refractivity contribution in [1.82, 2.24) is 0 Å². The van der Waals surface area contributed by atoms with Crippen LogP contribution in [0.1, 0.15) is 83.7 Å². The van der Waals surface area contributed by atoms with Crippen LogP contribution in [0.2, 0.25) is 36.3 Å². The number of ether oxygens (including phenoxy) is 1. The van der Waals surface area contributed by atoms with Gasteiger partial charge < -0.3 is 13.6 Å². The molecule has 1 aromatic carbocycles. The van der Waals surface area contributed by atoms with Gasteiger partial charge in [0.05, 0.1) is 6.10 Å². The number of fused-ring (bicyclic) bond motifs is 1. The van der Waals surface area contributed by atoms with Crippen LogP contribution in [0.4, 0.5) is 0 Å². The van der Waals surface area contributed by atoms with E-state index in [0.717, 1.165) is 12.0 Å². The topological polar surface area (TPSA) is 74.2 Å². The van der Waals surface area contributed by atoms with E-state index in [-0.39, 0.29) is 22.1 Å². The molecule has 0 saturated carbocycles. The molecule has 1 aromatic rings. The van der Waals surface area contributed by atoms with Crippen LogP contribution < -0.4 is 4.43 Å². The number of allylic oxidation sites excluding steroid dienone is 2. The van der Waals surface area contributed by atoms with Gasteiger partial charge in [-0.2, -0.15) is 4.99 Å². The van der Waals surface area contributed by atoms with E-state index in [1.165, 1.54) is 12.3 Å². The number of rotatable bonds is 7. The zero-order valence-electron chi connectivity index (χ0n) is 26.6. The van der Waals surface area contributed by atoms with Gasteiger partial charge in [0.2, 0.25) is 6.08 Å². The number of aliphatic imine (C=N–C) groups is 1. The number of benzene rings is 1.